The van der Waals surface area contributed by atoms with E-state index in [0.29, 0.717) is 24.6 Å². The summed E-state index contributed by atoms with van der Waals surface area (Å²) in [4.78, 5) is 16.0. The van der Waals surface area contributed by atoms with Gasteiger partial charge in [0, 0.05) is 12.4 Å². The quantitative estimate of drug-likeness (QED) is 0.904. The Hall–Kier alpha value is -2.11. The average Bonchev–Trinajstić information content (AvgIpc) is 3.06. The maximum atomic E-state index is 11.7. The number of hydrogen-bond donors (Lipinski definition) is 2. The summed E-state index contributed by atoms with van der Waals surface area (Å²) < 4.78 is 1.76. The van der Waals surface area contributed by atoms with Crippen LogP contribution in [0.1, 0.15) is 51.1 Å². The molecular formula is C15H20N4O2. The maximum absolute atomic E-state index is 11.7. The molecule has 6 nitrogen and oxygen atoms in total. The van der Waals surface area contributed by atoms with E-state index in [-0.39, 0.29) is 0 Å². The van der Waals surface area contributed by atoms with E-state index in [1.54, 1.807) is 16.9 Å². The molecule has 0 atom stereocenters. The van der Waals surface area contributed by atoms with Crippen molar-refractivity contribution in [3.8, 4) is 0 Å². The highest BCUT2D eigenvalue weighted by atomic mass is 16.4. The minimum absolute atomic E-state index is 0.317. The molecule has 0 saturated heterocycles. The van der Waals surface area contributed by atoms with Gasteiger partial charge < -0.3 is 10.4 Å². The second kappa shape index (κ2) is 5.02. The van der Waals surface area contributed by atoms with Crippen molar-refractivity contribution in [1.29, 1.82) is 0 Å². The lowest BCUT2D eigenvalue weighted by Crippen LogP contribution is -2.44. The zero-order valence-electron chi connectivity index (χ0n) is 12.3. The molecule has 112 valence electrons. The third-order valence-corrected chi connectivity index (χ3v) is 4.22. The van der Waals surface area contributed by atoms with Crippen molar-refractivity contribution in [2.24, 2.45) is 0 Å². The molecule has 0 aliphatic heterocycles. The summed E-state index contributed by atoms with van der Waals surface area (Å²) in [7, 11) is 0. The van der Waals surface area contributed by atoms with Crippen LogP contribution in [0.4, 0.5) is 5.82 Å². The van der Waals surface area contributed by atoms with Crippen LogP contribution in [0.3, 0.4) is 0 Å². The molecule has 3 rings (SSSR count). The fourth-order valence-corrected chi connectivity index (χ4v) is 2.92. The van der Waals surface area contributed by atoms with Crippen LogP contribution in [0.25, 0.3) is 5.52 Å². The third-order valence-electron chi connectivity index (χ3n) is 4.22. The fraction of sp³-hybridized carbons (Fsp3) is 0.533. The summed E-state index contributed by atoms with van der Waals surface area (Å²) in [5.74, 6) is 0.117. The van der Waals surface area contributed by atoms with Crippen molar-refractivity contribution in [1.82, 2.24) is 14.6 Å². The maximum Gasteiger partial charge on any atom is 0.329 e. The van der Waals surface area contributed by atoms with Gasteiger partial charge in [-0.1, -0.05) is 26.7 Å². The molecule has 0 radical (unpaired) electrons. The smallest absolute Gasteiger partial charge is 0.329 e. The van der Waals surface area contributed by atoms with Gasteiger partial charge in [0.25, 0.3) is 0 Å². The Morgan fingerprint density at radius 2 is 2.14 bits per heavy atom. The predicted octanol–water partition coefficient (Wildman–Crippen LogP) is 2.66. The van der Waals surface area contributed by atoms with Crippen LogP contribution in [0.5, 0.6) is 0 Å². The largest absolute Gasteiger partial charge is 0.480 e. The summed E-state index contributed by atoms with van der Waals surface area (Å²) in [5, 5.41) is 17.3. The Morgan fingerprint density at radius 1 is 1.43 bits per heavy atom. The molecule has 0 aromatic carbocycles. The van der Waals surface area contributed by atoms with E-state index in [4.69, 9.17) is 0 Å². The van der Waals surface area contributed by atoms with Crippen LogP contribution in [-0.2, 0) is 4.79 Å². The highest BCUT2D eigenvalue weighted by Crippen LogP contribution is 2.34. The molecule has 21 heavy (non-hydrogen) atoms. The molecule has 2 N–H and O–H groups in total. The molecule has 1 aliphatic carbocycles. The number of nitrogens with one attached hydrogen (secondary N) is 1. The van der Waals surface area contributed by atoms with E-state index in [2.05, 4.69) is 29.2 Å². The van der Waals surface area contributed by atoms with E-state index < -0.39 is 11.5 Å². The van der Waals surface area contributed by atoms with Gasteiger partial charge in [-0.25, -0.2) is 14.3 Å². The minimum Gasteiger partial charge on any atom is -0.480 e. The summed E-state index contributed by atoms with van der Waals surface area (Å²) in [6.45, 7) is 4.16. The number of carboxylic acids is 1. The van der Waals surface area contributed by atoms with E-state index in [0.717, 1.165) is 24.1 Å². The molecule has 6 heteroatoms. The van der Waals surface area contributed by atoms with Gasteiger partial charge in [0.2, 0.25) is 0 Å². The second-order valence-corrected chi connectivity index (χ2v) is 6.05. The molecular weight excluding hydrogens is 268 g/mol. The zero-order chi connectivity index (χ0) is 15.0. The monoisotopic (exact) mass is 288 g/mol. The van der Waals surface area contributed by atoms with Gasteiger partial charge in [-0.05, 0) is 24.8 Å². The molecule has 2 aromatic heterocycles. The number of carboxylic acid groups (broad SMARTS) is 1. The first-order chi connectivity index (χ1) is 10.0. The standard InChI is InChI=1S/C15H20N4O2/c1-10(2)11-9-12-13(16-7-8-19(12)18-11)17-15(14(20)21)5-3-4-6-15/h7-10H,3-6H2,1-2H3,(H,16,17)(H,20,21). The molecule has 0 unspecified atom stereocenters. The summed E-state index contributed by atoms with van der Waals surface area (Å²) in [6, 6.07) is 1.98. The van der Waals surface area contributed by atoms with Gasteiger partial charge >= 0.3 is 5.97 Å². The fourth-order valence-electron chi connectivity index (χ4n) is 2.92. The number of aromatic nitrogens is 3. The number of carbonyl (C=O) groups is 1. The van der Waals surface area contributed by atoms with Crippen LogP contribution >= 0.6 is 0 Å². The van der Waals surface area contributed by atoms with Crippen molar-refractivity contribution >= 4 is 17.3 Å². The first-order valence-corrected chi connectivity index (χ1v) is 7.38. The molecule has 2 heterocycles. The molecule has 1 saturated carbocycles. The summed E-state index contributed by atoms with van der Waals surface area (Å²) >= 11 is 0. The SMILES string of the molecule is CC(C)c1cc2c(NC3(C(=O)O)CCCC3)nccn2n1. The van der Waals surface area contributed by atoms with Gasteiger partial charge in [-0.15, -0.1) is 0 Å². The lowest BCUT2D eigenvalue weighted by molar-refractivity contribution is -0.142. The Morgan fingerprint density at radius 3 is 2.76 bits per heavy atom. The van der Waals surface area contributed by atoms with E-state index in [9.17, 15) is 9.90 Å². The lowest BCUT2D eigenvalue weighted by atomic mass is 9.98. The van der Waals surface area contributed by atoms with Gasteiger partial charge in [-0.2, -0.15) is 5.10 Å². The van der Waals surface area contributed by atoms with Crippen molar-refractivity contribution in [3.05, 3.63) is 24.2 Å². The number of anilines is 1. The van der Waals surface area contributed by atoms with Crippen LogP contribution in [0.15, 0.2) is 18.5 Å². The molecule has 2 aromatic rings. The number of aliphatic carboxylic acids is 1. The van der Waals surface area contributed by atoms with E-state index in [1.807, 2.05) is 6.07 Å². The Balaban J connectivity index is 2.02. The Kier molecular flexibility index (Phi) is 3.31. The molecule has 0 amide bonds. The van der Waals surface area contributed by atoms with Crippen molar-refractivity contribution < 1.29 is 9.90 Å². The summed E-state index contributed by atoms with van der Waals surface area (Å²) in [5.41, 5.74) is 0.910. The van der Waals surface area contributed by atoms with E-state index >= 15 is 0 Å². The lowest BCUT2D eigenvalue weighted by Gasteiger charge is -2.26. The molecule has 1 fully saturated rings. The first-order valence-electron chi connectivity index (χ1n) is 7.38. The number of rotatable bonds is 4. The number of fused-ring (bicyclic) bond motifs is 1. The third kappa shape index (κ3) is 2.34. The van der Waals surface area contributed by atoms with Gasteiger partial charge in [0.1, 0.15) is 11.1 Å². The van der Waals surface area contributed by atoms with Gasteiger partial charge in [0.15, 0.2) is 5.82 Å². The van der Waals surface area contributed by atoms with Gasteiger partial charge in [0.05, 0.1) is 5.69 Å². The topological polar surface area (TPSA) is 79.5 Å². The Labute approximate surface area is 123 Å². The van der Waals surface area contributed by atoms with Crippen molar-refractivity contribution in [2.75, 3.05) is 5.32 Å². The first kappa shape index (κ1) is 13.9. The predicted molar refractivity (Wildman–Crippen MR) is 79.5 cm³/mol. The van der Waals surface area contributed by atoms with Crippen molar-refractivity contribution in [3.63, 3.8) is 0 Å². The molecule has 0 bridgehead atoms. The Bertz CT molecular complexity index is 671. The van der Waals surface area contributed by atoms with Crippen LogP contribution in [-0.4, -0.2) is 31.2 Å². The normalized spacial score (nSPS) is 17.5. The zero-order valence-corrected chi connectivity index (χ0v) is 12.3. The van der Waals surface area contributed by atoms with Crippen LogP contribution < -0.4 is 5.32 Å². The number of nitrogens with zero attached hydrogens (tertiary/aromatic N) is 3. The van der Waals surface area contributed by atoms with Crippen molar-refractivity contribution in [2.45, 2.75) is 51.0 Å². The average molecular weight is 288 g/mol. The van der Waals surface area contributed by atoms with Gasteiger partial charge in [-0.3, -0.25) is 0 Å². The second-order valence-electron chi connectivity index (χ2n) is 6.05. The van der Waals surface area contributed by atoms with Crippen LogP contribution in [0, 0.1) is 0 Å². The van der Waals surface area contributed by atoms with E-state index in [1.165, 1.54) is 0 Å². The number of hydrogen-bond acceptors (Lipinski definition) is 4. The molecule has 0 spiro atoms. The highest BCUT2D eigenvalue weighted by Gasteiger charge is 2.42. The highest BCUT2D eigenvalue weighted by molar-refractivity contribution is 5.85. The minimum atomic E-state index is -0.892. The molecule has 1 aliphatic rings. The summed E-state index contributed by atoms with van der Waals surface area (Å²) in [6.07, 6.45) is 6.57. The van der Waals surface area contributed by atoms with Crippen LogP contribution in [0.2, 0.25) is 0 Å².